The number of benzene rings is 1. The molecule has 3 rings (SSSR count). The molecule has 2 fully saturated rings. The van der Waals surface area contributed by atoms with Gasteiger partial charge in [-0.25, -0.2) is 0 Å². The number of hydrogen-bond acceptors (Lipinski definition) is 3. The molecule has 2 atom stereocenters. The first-order valence-electron chi connectivity index (χ1n) is 8.35. The first-order valence-corrected chi connectivity index (χ1v) is 8.35. The Labute approximate surface area is 127 Å². The van der Waals surface area contributed by atoms with E-state index < -0.39 is 5.60 Å². The number of aliphatic hydroxyl groups is 1. The molecule has 2 N–H and O–H groups in total. The summed E-state index contributed by atoms with van der Waals surface area (Å²) in [6, 6.07) is 11.3. The molecule has 1 saturated carbocycles. The van der Waals surface area contributed by atoms with E-state index in [0.717, 1.165) is 12.8 Å². The Morgan fingerprint density at radius 1 is 1.10 bits per heavy atom. The molecule has 0 spiro atoms. The molecule has 2 unspecified atom stereocenters. The average molecular weight is 289 g/mol. The Balaban J connectivity index is 1.62. The summed E-state index contributed by atoms with van der Waals surface area (Å²) in [6.45, 7) is 2.07. The molecule has 1 aliphatic heterocycles. The van der Waals surface area contributed by atoms with Crippen LogP contribution in [0.2, 0.25) is 0 Å². The summed E-state index contributed by atoms with van der Waals surface area (Å²) in [5, 5.41) is 14.3. The van der Waals surface area contributed by atoms with Gasteiger partial charge in [-0.3, -0.25) is 0 Å². The standard InChI is InChI=1S/C18H27NO2/c20-18(10-12-21-13-11-18)14-19-17-9-5-4-8-16(17)15-6-2-1-3-7-15/h1-3,6-7,16-17,19-20H,4-5,8-14H2. The van der Waals surface area contributed by atoms with Crippen LogP contribution in [0, 0.1) is 0 Å². The van der Waals surface area contributed by atoms with Gasteiger partial charge in [-0.2, -0.15) is 0 Å². The fourth-order valence-electron chi connectivity index (χ4n) is 3.72. The van der Waals surface area contributed by atoms with E-state index >= 15 is 0 Å². The maximum atomic E-state index is 10.6. The lowest BCUT2D eigenvalue weighted by molar-refractivity contribution is -0.0634. The van der Waals surface area contributed by atoms with Crippen molar-refractivity contribution in [3.8, 4) is 0 Å². The summed E-state index contributed by atoms with van der Waals surface area (Å²) >= 11 is 0. The SMILES string of the molecule is OC1(CNC2CCCCC2c2ccccc2)CCOCC1. The minimum absolute atomic E-state index is 0.494. The molecule has 1 aromatic carbocycles. The van der Waals surface area contributed by atoms with E-state index in [9.17, 15) is 5.11 Å². The van der Waals surface area contributed by atoms with Gasteiger partial charge in [-0.1, -0.05) is 43.2 Å². The second-order valence-electron chi connectivity index (χ2n) is 6.63. The fraction of sp³-hybridized carbons (Fsp3) is 0.667. The lowest BCUT2D eigenvalue weighted by atomic mass is 9.79. The van der Waals surface area contributed by atoms with Crippen LogP contribution >= 0.6 is 0 Å². The van der Waals surface area contributed by atoms with Crippen LogP contribution in [0.25, 0.3) is 0 Å². The maximum Gasteiger partial charge on any atom is 0.0815 e. The van der Waals surface area contributed by atoms with Crippen molar-refractivity contribution in [1.82, 2.24) is 5.32 Å². The molecular formula is C18H27NO2. The van der Waals surface area contributed by atoms with Gasteiger partial charge in [0, 0.05) is 38.6 Å². The highest BCUT2D eigenvalue weighted by atomic mass is 16.5. The second-order valence-corrected chi connectivity index (χ2v) is 6.63. The fourth-order valence-corrected chi connectivity index (χ4v) is 3.72. The molecule has 0 amide bonds. The third-order valence-corrected chi connectivity index (χ3v) is 5.11. The van der Waals surface area contributed by atoms with Crippen LogP contribution in [0.5, 0.6) is 0 Å². The first kappa shape index (κ1) is 15.0. The summed E-state index contributed by atoms with van der Waals surface area (Å²) in [5.41, 5.74) is 0.866. The minimum Gasteiger partial charge on any atom is -0.388 e. The van der Waals surface area contributed by atoms with Gasteiger partial charge in [0.1, 0.15) is 0 Å². The summed E-state index contributed by atoms with van der Waals surface area (Å²) in [4.78, 5) is 0. The number of ether oxygens (including phenoxy) is 1. The highest BCUT2D eigenvalue weighted by Gasteiger charge is 2.32. The monoisotopic (exact) mass is 289 g/mol. The van der Waals surface area contributed by atoms with Crippen LogP contribution in [0.3, 0.4) is 0 Å². The molecule has 1 aliphatic carbocycles. The number of nitrogens with one attached hydrogen (secondary N) is 1. The highest BCUT2D eigenvalue weighted by Crippen LogP contribution is 2.33. The largest absolute Gasteiger partial charge is 0.388 e. The van der Waals surface area contributed by atoms with E-state index in [2.05, 4.69) is 35.6 Å². The topological polar surface area (TPSA) is 41.5 Å². The summed E-state index contributed by atoms with van der Waals surface area (Å²) < 4.78 is 5.36. The van der Waals surface area contributed by atoms with Crippen molar-refractivity contribution in [2.24, 2.45) is 0 Å². The molecule has 0 bridgehead atoms. The van der Waals surface area contributed by atoms with Gasteiger partial charge in [0.15, 0.2) is 0 Å². The van der Waals surface area contributed by atoms with Crippen molar-refractivity contribution in [3.63, 3.8) is 0 Å². The van der Waals surface area contributed by atoms with Gasteiger partial charge >= 0.3 is 0 Å². The zero-order valence-corrected chi connectivity index (χ0v) is 12.8. The predicted molar refractivity (Wildman–Crippen MR) is 84.4 cm³/mol. The number of rotatable bonds is 4. The van der Waals surface area contributed by atoms with Gasteiger partial charge in [0.25, 0.3) is 0 Å². The van der Waals surface area contributed by atoms with E-state index in [1.807, 2.05) is 0 Å². The van der Waals surface area contributed by atoms with Gasteiger partial charge in [-0.15, -0.1) is 0 Å². The molecule has 0 aromatic heterocycles. The van der Waals surface area contributed by atoms with Crippen LogP contribution in [0.1, 0.15) is 50.0 Å². The van der Waals surface area contributed by atoms with Crippen molar-refractivity contribution in [3.05, 3.63) is 35.9 Å². The maximum absolute atomic E-state index is 10.6. The van der Waals surface area contributed by atoms with Crippen LogP contribution in [0.4, 0.5) is 0 Å². The van der Waals surface area contributed by atoms with Crippen LogP contribution in [-0.2, 0) is 4.74 Å². The van der Waals surface area contributed by atoms with Crippen LogP contribution in [-0.4, -0.2) is 36.5 Å². The van der Waals surface area contributed by atoms with Crippen LogP contribution in [0.15, 0.2) is 30.3 Å². The van der Waals surface area contributed by atoms with E-state index in [1.54, 1.807) is 0 Å². The van der Waals surface area contributed by atoms with Crippen LogP contribution < -0.4 is 5.32 Å². The second kappa shape index (κ2) is 6.91. The van der Waals surface area contributed by atoms with Gasteiger partial charge in [0.2, 0.25) is 0 Å². The average Bonchev–Trinajstić information content (AvgIpc) is 2.55. The summed E-state index contributed by atoms with van der Waals surface area (Å²) in [7, 11) is 0. The zero-order valence-electron chi connectivity index (χ0n) is 12.8. The molecule has 0 radical (unpaired) electrons. The summed E-state index contributed by atoms with van der Waals surface area (Å²) in [5.74, 6) is 0.586. The highest BCUT2D eigenvalue weighted by molar-refractivity contribution is 5.22. The Bertz CT molecular complexity index is 428. The van der Waals surface area contributed by atoms with Crippen molar-refractivity contribution in [2.45, 2.75) is 56.1 Å². The van der Waals surface area contributed by atoms with Crippen molar-refractivity contribution < 1.29 is 9.84 Å². The third-order valence-electron chi connectivity index (χ3n) is 5.11. The van der Waals surface area contributed by atoms with E-state index in [4.69, 9.17) is 4.74 Å². The molecule has 3 heteroatoms. The zero-order chi connectivity index (χ0) is 14.5. The molecule has 116 valence electrons. The molecular weight excluding hydrogens is 262 g/mol. The Morgan fingerprint density at radius 3 is 2.57 bits per heavy atom. The minimum atomic E-state index is -0.572. The Morgan fingerprint density at radius 2 is 1.81 bits per heavy atom. The van der Waals surface area contributed by atoms with Gasteiger partial charge in [0.05, 0.1) is 5.60 Å². The van der Waals surface area contributed by atoms with Gasteiger partial charge < -0.3 is 15.2 Å². The Hall–Kier alpha value is -0.900. The summed E-state index contributed by atoms with van der Waals surface area (Å²) in [6.07, 6.45) is 6.58. The molecule has 3 nitrogen and oxygen atoms in total. The third kappa shape index (κ3) is 3.85. The lowest BCUT2D eigenvalue weighted by Gasteiger charge is -2.37. The van der Waals surface area contributed by atoms with Crippen molar-refractivity contribution >= 4 is 0 Å². The van der Waals surface area contributed by atoms with E-state index in [-0.39, 0.29) is 0 Å². The van der Waals surface area contributed by atoms with Crippen molar-refractivity contribution in [1.29, 1.82) is 0 Å². The molecule has 1 saturated heterocycles. The normalized spacial score (nSPS) is 29.2. The van der Waals surface area contributed by atoms with E-state index in [0.29, 0.717) is 31.7 Å². The first-order chi connectivity index (χ1) is 10.3. The molecule has 21 heavy (non-hydrogen) atoms. The van der Waals surface area contributed by atoms with Gasteiger partial charge in [-0.05, 0) is 24.3 Å². The lowest BCUT2D eigenvalue weighted by Crippen LogP contribution is -2.49. The van der Waals surface area contributed by atoms with Crippen molar-refractivity contribution in [2.75, 3.05) is 19.8 Å². The number of hydrogen-bond donors (Lipinski definition) is 2. The molecule has 2 aliphatic rings. The Kier molecular flexibility index (Phi) is 4.94. The predicted octanol–water partition coefficient (Wildman–Crippen LogP) is 2.84. The quantitative estimate of drug-likeness (QED) is 0.895. The van der Waals surface area contributed by atoms with E-state index in [1.165, 1.54) is 31.2 Å². The smallest absolute Gasteiger partial charge is 0.0815 e. The molecule has 1 aromatic rings. The molecule has 1 heterocycles.